The van der Waals surface area contributed by atoms with E-state index in [0.29, 0.717) is 5.56 Å². The molecule has 186 valence electrons. The normalized spacial score (nSPS) is 13.2. The van der Waals surface area contributed by atoms with Crippen molar-refractivity contribution in [3.63, 3.8) is 0 Å². The highest BCUT2D eigenvalue weighted by atomic mass is 19.4. The van der Waals surface area contributed by atoms with Crippen LogP contribution in [0.3, 0.4) is 0 Å². The Morgan fingerprint density at radius 2 is 1.20 bits per heavy atom. The third-order valence-electron chi connectivity index (χ3n) is 5.45. The number of hydrogen-bond acceptors (Lipinski definition) is 1. The topological polar surface area (TPSA) is 9.23 Å². The average molecular weight is 493 g/mol. The number of rotatable bonds is 10. The first-order chi connectivity index (χ1) is 16.6. The molecule has 0 saturated carbocycles. The second-order valence-electron chi connectivity index (χ2n) is 8.25. The van der Waals surface area contributed by atoms with Gasteiger partial charge in [0.15, 0.2) is 0 Å². The second kappa shape index (κ2) is 11.5. The van der Waals surface area contributed by atoms with Gasteiger partial charge in [-0.05, 0) is 52.8 Å². The summed E-state index contributed by atoms with van der Waals surface area (Å²) in [5, 5.41) is 0. The van der Waals surface area contributed by atoms with Gasteiger partial charge in [0.25, 0.3) is 6.17 Å². The maximum Gasteiger partial charge on any atom is 0.439 e. The lowest BCUT2D eigenvalue weighted by molar-refractivity contribution is -0.304. The minimum atomic E-state index is -5.72. The largest absolute Gasteiger partial charge is 0.439 e. The summed E-state index contributed by atoms with van der Waals surface area (Å²) in [5.74, 6) is -0.570. The van der Waals surface area contributed by atoms with Gasteiger partial charge in [-0.1, -0.05) is 92.6 Å². The van der Waals surface area contributed by atoms with E-state index in [1.54, 1.807) is 6.08 Å². The zero-order valence-corrected chi connectivity index (χ0v) is 19.2. The smallest absolute Gasteiger partial charge is 0.430 e. The lowest BCUT2D eigenvalue weighted by atomic mass is 10.0. The number of hydrogen-bond donors (Lipinski definition) is 0. The van der Waals surface area contributed by atoms with Crippen molar-refractivity contribution in [1.82, 2.24) is 0 Å². The number of ether oxygens (including phenoxy) is 1. The Balaban J connectivity index is 1.59. The van der Waals surface area contributed by atoms with E-state index in [9.17, 15) is 26.3 Å². The van der Waals surface area contributed by atoms with E-state index in [2.05, 4.69) is 35.9 Å². The van der Waals surface area contributed by atoms with Gasteiger partial charge < -0.3 is 4.74 Å². The zero-order chi connectivity index (χ0) is 25.5. The fourth-order valence-electron chi connectivity index (χ4n) is 3.47. The van der Waals surface area contributed by atoms with E-state index in [1.165, 1.54) is 37.0 Å². The van der Waals surface area contributed by atoms with Crippen LogP contribution in [0.15, 0.2) is 72.8 Å². The van der Waals surface area contributed by atoms with Crippen molar-refractivity contribution in [3.8, 4) is 16.9 Å². The molecule has 0 heterocycles. The molecule has 1 atom stereocenters. The van der Waals surface area contributed by atoms with Gasteiger partial charge in [0.1, 0.15) is 5.75 Å². The van der Waals surface area contributed by atoms with Gasteiger partial charge in [-0.2, -0.15) is 22.0 Å². The molecule has 0 radical (unpaired) electrons. The Morgan fingerprint density at radius 3 is 1.69 bits per heavy atom. The molecule has 0 aliphatic carbocycles. The second-order valence-corrected chi connectivity index (χ2v) is 8.25. The summed E-state index contributed by atoms with van der Waals surface area (Å²) in [4.78, 5) is 0. The minimum absolute atomic E-state index is 0.570. The number of alkyl halides is 6. The van der Waals surface area contributed by atoms with E-state index in [-0.39, 0.29) is 0 Å². The van der Waals surface area contributed by atoms with Crippen LogP contribution in [0.1, 0.15) is 42.9 Å². The number of unbranched alkanes of at least 4 members (excludes halogenated alkanes) is 2. The molecule has 0 fully saturated rings. The molecule has 0 N–H and O–H groups in total. The first-order valence-electron chi connectivity index (χ1n) is 11.3. The predicted molar refractivity (Wildman–Crippen MR) is 127 cm³/mol. The van der Waals surface area contributed by atoms with Crippen LogP contribution in [-0.4, -0.2) is 18.5 Å². The van der Waals surface area contributed by atoms with Crippen molar-refractivity contribution in [2.45, 2.75) is 51.1 Å². The molecule has 35 heavy (non-hydrogen) atoms. The Hall–Kier alpha value is -3.22. The monoisotopic (exact) mass is 492 g/mol. The molecular weight excluding hydrogens is 466 g/mol. The fraction of sp³-hybridized carbons (Fsp3) is 0.286. The quantitative estimate of drug-likeness (QED) is 0.156. The highest BCUT2D eigenvalue weighted by Crippen LogP contribution is 2.36. The Kier molecular flexibility index (Phi) is 8.65. The zero-order valence-electron chi connectivity index (χ0n) is 19.2. The molecule has 3 rings (SSSR count). The van der Waals surface area contributed by atoms with E-state index < -0.39 is 24.2 Å². The van der Waals surface area contributed by atoms with Gasteiger partial charge in [0.05, 0.1) is 0 Å². The van der Waals surface area contributed by atoms with Gasteiger partial charge in [-0.3, -0.25) is 0 Å². The standard InChI is InChI=1S/C28H26F6O/c1-2-3-4-5-20-8-14-23(15-9-20)24-16-10-21(11-17-24)6-7-22-12-18-25(19-13-22)35-28(33,34)26(29)27(30,31)32/h6-19,26H,2-5H2,1H3. The van der Waals surface area contributed by atoms with Crippen molar-refractivity contribution >= 4 is 12.2 Å². The highest BCUT2D eigenvalue weighted by molar-refractivity contribution is 5.72. The van der Waals surface area contributed by atoms with Crippen molar-refractivity contribution in [3.05, 3.63) is 89.5 Å². The summed E-state index contributed by atoms with van der Waals surface area (Å²) in [6.45, 7) is 2.19. The number of halogens is 6. The SMILES string of the molecule is CCCCCc1ccc(-c2ccc(C=Cc3ccc(OC(F)(F)C(F)C(F)(F)F)cc3)cc2)cc1. The van der Waals surface area contributed by atoms with Gasteiger partial charge >= 0.3 is 12.3 Å². The summed E-state index contributed by atoms with van der Waals surface area (Å²) < 4.78 is 80.3. The van der Waals surface area contributed by atoms with Crippen molar-refractivity contribution in [2.75, 3.05) is 0 Å². The van der Waals surface area contributed by atoms with Crippen LogP contribution >= 0.6 is 0 Å². The van der Waals surface area contributed by atoms with Crippen LogP contribution in [0.4, 0.5) is 26.3 Å². The molecule has 0 aromatic heterocycles. The van der Waals surface area contributed by atoms with Crippen LogP contribution < -0.4 is 4.74 Å². The van der Waals surface area contributed by atoms with Crippen molar-refractivity contribution in [1.29, 1.82) is 0 Å². The van der Waals surface area contributed by atoms with Crippen molar-refractivity contribution in [2.24, 2.45) is 0 Å². The number of benzene rings is 3. The van der Waals surface area contributed by atoms with Gasteiger partial charge in [-0.15, -0.1) is 0 Å². The molecule has 1 unspecified atom stereocenters. The van der Waals surface area contributed by atoms with Crippen LogP contribution in [-0.2, 0) is 6.42 Å². The summed E-state index contributed by atoms with van der Waals surface area (Å²) in [5.41, 5.74) is 5.04. The first-order valence-corrected chi connectivity index (χ1v) is 11.3. The van der Waals surface area contributed by atoms with Gasteiger partial charge in [-0.25, -0.2) is 4.39 Å². The molecule has 0 amide bonds. The molecule has 0 bridgehead atoms. The minimum Gasteiger partial charge on any atom is -0.430 e. The summed E-state index contributed by atoms with van der Waals surface area (Å²) in [6.07, 6.45) is -6.93. The molecule has 0 aliphatic heterocycles. The lowest BCUT2D eigenvalue weighted by Crippen LogP contribution is -2.45. The van der Waals surface area contributed by atoms with E-state index in [4.69, 9.17) is 0 Å². The maximum atomic E-state index is 13.4. The van der Waals surface area contributed by atoms with E-state index >= 15 is 0 Å². The van der Waals surface area contributed by atoms with Crippen LogP contribution in [0.25, 0.3) is 23.3 Å². The van der Waals surface area contributed by atoms with Crippen LogP contribution in [0.2, 0.25) is 0 Å². The summed E-state index contributed by atoms with van der Waals surface area (Å²) >= 11 is 0. The van der Waals surface area contributed by atoms with E-state index in [1.807, 2.05) is 30.3 Å². The summed E-state index contributed by atoms with van der Waals surface area (Å²) in [7, 11) is 0. The fourth-order valence-corrected chi connectivity index (χ4v) is 3.47. The van der Waals surface area contributed by atoms with Crippen LogP contribution in [0.5, 0.6) is 5.75 Å². The molecule has 7 heteroatoms. The molecular formula is C28H26F6O. The average Bonchev–Trinajstić information content (AvgIpc) is 2.83. The predicted octanol–water partition coefficient (Wildman–Crippen LogP) is 9.13. The number of aryl methyl sites for hydroxylation is 1. The third-order valence-corrected chi connectivity index (χ3v) is 5.45. The molecule has 3 aromatic rings. The first kappa shape index (κ1) is 26.4. The maximum absolute atomic E-state index is 13.4. The Bertz CT molecular complexity index is 1080. The van der Waals surface area contributed by atoms with E-state index in [0.717, 1.165) is 35.2 Å². The van der Waals surface area contributed by atoms with Gasteiger partial charge in [0.2, 0.25) is 0 Å². The molecule has 1 nitrogen and oxygen atoms in total. The molecule has 0 saturated heterocycles. The van der Waals surface area contributed by atoms with Gasteiger partial charge in [0, 0.05) is 0 Å². The van der Waals surface area contributed by atoms with Crippen molar-refractivity contribution < 1.29 is 31.1 Å². The Labute approximate surface area is 201 Å². The van der Waals surface area contributed by atoms with Crippen LogP contribution in [0, 0.1) is 0 Å². The highest BCUT2D eigenvalue weighted by Gasteiger charge is 2.59. The summed E-state index contributed by atoms with van der Waals surface area (Å²) in [6, 6.07) is 21.3. The Morgan fingerprint density at radius 1 is 0.714 bits per heavy atom. The molecule has 0 aliphatic rings. The molecule has 0 spiro atoms. The molecule has 3 aromatic carbocycles. The lowest BCUT2D eigenvalue weighted by Gasteiger charge is -2.23. The third kappa shape index (κ3) is 7.64.